The number of nitrogens with one attached hydrogen (secondary N) is 1. The monoisotopic (exact) mass is 478 g/mol. The Morgan fingerprint density at radius 3 is 2.36 bits per heavy atom. The second kappa shape index (κ2) is 9.39. The Morgan fingerprint density at radius 2 is 1.84 bits per heavy atom. The van der Waals surface area contributed by atoms with E-state index in [0.29, 0.717) is 0 Å². The third-order valence-corrected chi connectivity index (χ3v) is 5.03. The summed E-state index contributed by atoms with van der Waals surface area (Å²) < 4.78 is 5.32. The van der Waals surface area contributed by atoms with Crippen molar-refractivity contribution in [3.8, 4) is 0 Å². The van der Waals surface area contributed by atoms with Gasteiger partial charge < -0.3 is 15.0 Å². The van der Waals surface area contributed by atoms with E-state index >= 15 is 0 Å². The maximum Gasteiger partial charge on any atom is 0.193 e. The van der Waals surface area contributed by atoms with Crippen LogP contribution in [0.2, 0.25) is 5.02 Å². The van der Waals surface area contributed by atoms with Crippen LogP contribution in [0.5, 0.6) is 0 Å². The molecule has 0 unspecified atom stereocenters. The second-order valence-electron chi connectivity index (χ2n) is 7.09. The van der Waals surface area contributed by atoms with Gasteiger partial charge in [-0.15, -0.1) is 24.0 Å². The highest BCUT2D eigenvalue weighted by molar-refractivity contribution is 14.0. The fourth-order valence-electron chi connectivity index (χ4n) is 3.14. The first-order valence-corrected chi connectivity index (χ1v) is 8.96. The van der Waals surface area contributed by atoms with Crippen LogP contribution in [-0.4, -0.2) is 68.7 Å². The van der Waals surface area contributed by atoms with Crippen LogP contribution in [0.3, 0.4) is 0 Å². The third-order valence-electron chi connectivity index (χ3n) is 4.78. The molecule has 0 spiro atoms. The van der Waals surface area contributed by atoms with Crippen LogP contribution in [0.1, 0.15) is 12.5 Å². The van der Waals surface area contributed by atoms with Gasteiger partial charge in [0.25, 0.3) is 0 Å². The molecule has 2 saturated heterocycles. The summed E-state index contributed by atoms with van der Waals surface area (Å²) in [4.78, 5) is 9.28. The van der Waals surface area contributed by atoms with Crippen molar-refractivity contribution in [2.45, 2.75) is 13.5 Å². The number of halogens is 2. The molecule has 140 valence electrons. The van der Waals surface area contributed by atoms with Gasteiger partial charge in [-0.3, -0.25) is 9.89 Å². The van der Waals surface area contributed by atoms with Crippen molar-refractivity contribution in [1.29, 1.82) is 0 Å². The average molecular weight is 479 g/mol. The fraction of sp³-hybridized carbons (Fsp3) is 0.611. The normalized spacial score (nSPS) is 20.6. The summed E-state index contributed by atoms with van der Waals surface area (Å²) in [6.07, 6.45) is 0. The minimum absolute atomic E-state index is 0. The number of ether oxygens (including phenoxy) is 1. The first kappa shape index (κ1) is 20.7. The summed E-state index contributed by atoms with van der Waals surface area (Å²) in [5.41, 5.74) is 1.57. The van der Waals surface area contributed by atoms with Crippen LogP contribution in [-0.2, 0) is 11.3 Å². The largest absolute Gasteiger partial charge is 0.380 e. The average Bonchev–Trinajstić information content (AvgIpc) is 2.57. The van der Waals surface area contributed by atoms with Crippen molar-refractivity contribution >= 4 is 41.5 Å². The van der Waals surface area contributed by atoms with E-state index in [1.807, 2.05) is 19.2 Å². The molecule has 0 aliphatic carbocycles. The molecule has 2 aliphatic rings. The van der Waals surface area contributed by atoms with Crippen molar-refractivity contribution in [1.82, 2.24) is 15.1 Å². The van der Waals surface area contributed by atoms with Crippen LogP contribution in [0.25, 0.3) is 0 Å². The molecule has 1 N–H and O–H groups in total. The highest BCUT2D eigenvalue weighted by Gasteiger charge is 2.33. The summed E-state index contributed by atoms with van der Waals surface area (Å²) in [5.74, 6) is 1.01. The number of benzene rings is 1. The molecule has 0 radical (unpaired) electrons. The Bertz CT molecular complexity index is 569. The molecular formula is C18H28ClIN4O. The molecule has 1 aromatic carbocycles. The fourth-order valence-corrected chi connectivity index (χ4v) is 3.27. The van der Waals surface area contributed by atoms with Gasteiger partial charge in [-0.05, 0) is 17.7 Å². The quantitative estimate of drug-likeness (QED) is 0.410. The summed E-state index contributed by atoms with van der Waals surface area (Å²) in [7, 11) is 1.86. The number of nitrogens with zero attached hydrogens (tertiary/aromatic N) is 3. The van der Waals surface area contributed by atoms with E-state index < -0.39 is 0 Å². The number of hydrogen-bond acceptors (Lipinski definition) is 3. The van der Waals surface area contributed by atoms with Crippen molar-refractivity contribution in [2.24, 2.45) is 10.4 Å². The van der Waals surface area contributed by atoms with Crippen molar-refractivity contribution in [2.75, 3.05) is 53.0 Å². The molecule has 2 heterocycles. The van der Waals surface area contributed by atoms with Gasteiger partial charge in [-0.25, -0.2) is 0 Å². The van der Waals surface area contributed by atoms with Gasteiger partial charge in [-0.2, -0.15) is 0 Å². The van der Waals surface area contributed by atoms with E-state index in [1.165, 1.54) is 5.56 Å². The van der Waals surface area contributed by atoms with E-state index in [4.69, 9.17) is 16.3 Å². The molecule has 2 aliphatic heterocycles. The van der Waals surface area contributed by atoms with Crippen LogP contribution in [0, 0.1) is 5.41 Å². The van der Waals surface area contributed by atoms with Crippen LogP contribution in [0.15, 0.2) is 29.3 Å². The second-order valence-corrected chi connectivity index (χ2v) is 7.53. The number of piperazine rings is 1. The SMILES string of the molecule is CN=C(NCC1(C)COC1)N1CCN(Cc2ccc(Cl)cc2)CC1.I. The predicted octanol–water partition coefficient (Wildman–Crippen LogP) is 2.69. The minimum Gasteiger partial charge on any atom is -0.380 e. The summed E-state index contributed by atoms with van der Waals surface area (Å²) in [6.45, 7) is 9.92. The molecule has 3 rings (SSSR count). The third kappa shape index (κ3) is 5.70. The molecule has 25 heavy (non-hydrogen) atoms. The van der Waals surface area contributed by atoms with E-state index in [0.717, 1.165) is 63.5 Å². The first-order chi connectivity index (χ1) is 11.6. The zero-order valence-corrected chi connectivity index (χ0v) is 18.1. The van der Waals surface area contributed by atoms with E-state index in [1.54, 1.807) is 0 Å². The lowest BCUT2D eigenvalue weighted by atomic mass is 9.89. The molecule has 0 bridgehead atoms. The van der Waals surface area contributed by atoms with E-state index in [-0.39, 0.29) is 29.4 Å². The highest BCUT2D eigenvalue weighted by atomic mass is 127. The van der Waals surface area contributed by atoms with Crippen LogP contribution in [0.4, 0.5) is 0 Å². The van der Waals surface area contributed by atoms with Gasteiger partial charge in [0.05, 0.1) is 13.2 Å². The summed E-state index contributed by atoms with van der Waals surface area (Å²) in [5, 5.41) is 4.31. The number of guanidine groups is 1. The molecule has 2 fully saturated rings. The molecule has 0 aromatic heterocycles. The Morgan fingerprint density at radius 1 is 1.20 bits per heavy atom. The molecule has 1 aromatic rings. The lowest BCUT2D eigenvalue weighted by Gasteiger charge is -2.41. The molecule has 0 amide bonds. The van der Waals surface area contributed by atoms with Crippen molar-refractivity contribution < 1.29 is 4.74 Å². The highest BCUT2D eigenvalue weighted by Crippen LogP contribution is 2.25. The number of aliphatic imine (C=N–C) groups is 1. The van der Waals surface area contributed by atoms with Gasteiger partial charge in [0.2, 0.25) is 0 Å². The minimum atomic E-state index is 0. The Kier molecular flexibility index (Phi) is 7.79. The van der Waals surface area contributed by atoms with Gasteiger partial charge in [0.1, 0.15) is 0 Å². The van der Waals surface area contributed by atoms with Crippen molar-refractivity contribution in [3.63, 3.8) is 0 Å². The Balaban J connectivity index is 0.00000225. The smallest absolute Gasteiger partial charge is 0.193 e. The molecule has 5 nitrogen and oxygen atoms in total. The Labute approximate surface area is 172 Å². The standard InChI is InChI=1S/C18H27ClN4O.HI/c1-18(13-24-14-18)12-21-17(20-2)23-9-7-22(8-10-23)11-15-3-5-16(19)6-4-15;/h3-6H,7-14H2,1-2H3,(H,20,21);1H. The van der Waals surface area contributed by atoms with Gasteiger partial charge in [0, 0.05) is 56.8 Å². The molecule has 0 saturated carbocycles. The molecule has 0 atom stereocenters. The van der Waals surface area contributed by atoms with Gasteiger partial charge in [0.15, 0.2) is 5.96 Å². The molecule has 7 heteroatoms. The summed E-state index contributed by atoms with van der Waals surface area (Å²) >= 11 is 5.95. The number of hydrogen-bond donors (Lipinski definition) is 1. The van der Waals surface area contributed by atoms with Crippen LogP contribution >= 0.6 is 35.6 Å². The van der Waals surface area contributed by atoms with E-state index in [2.05, 4.69) is 39.2 Å². The zero-order chi connectivity index (χ0) is 17.0. The summed E-state index contributed by atoms with van der Waals surface area (Å²) in [6, 6.07) is 8.14. The number of rotatable bonds is 4. The van der Waals surface area contributed by atoms with E-state index in [9.17, 15) is 0 Å². The predicted molar refractivity (Wildman–Crippen MR) is 114 cm³/mol. The van der Waals surface area contributed by atoms with Gasteiger partial charge in [-0.1, -0.05) is 30.7 Å². The lowest BCUT2D eigenvalue weighted by Crippen LogP contribution is -2.55. The Hall–Kier alpha value is -0.570. The maximum atomic E-state index is 5.95. The molecular weight excluding hydrogens is 451 g/mol. The van der Waals surface area contributed by atoms with Crippen LogP contribution < -0.4 is 5.32 Å². The van der Waals surface area contributed by atoms with Gasteiger partial charge >= 0.3 is 0 Å². The topological polar surface area (TPSA) is 40.1 Å². The first-order valence-electron chi connectivity index (χ1n) is 8.58. The zero-order valence-electron chi connectivity index (χ0n) is 15.0. The maximum absolute atomic E-state index is 5.95. The lowest BCUT2D eigenvalue weighted by molar-refractivity contribution is -0.0973. The van der Waals surface area contributed by atoms with Crippen molar-refractivity contribution in [3.05, 3.63) is 34.9 Å².